The summed E-state index contributed by atoms with van der Waals surface area (Å²) in [7, 11) is 1.24. The van der Waals surface area contributed by atoms with Crippen LogP contribution in [0.2, 0.25) is 0 Å². The summed E-state index contributed by atoms with van der Waals surface area (Å²) >= 11 is 0. The summed E-state index contributed by atoms with van der Waals surface area (Å²) in [5, 5.41) is 13.9. The van der Waals surface area contributed by atoms with Crippen molar-refractivity contribution in [2.24, 2.45) is 0 Å². The van der Waals surface area contributed by atoms with E-state index in [0.717, 1.165) is 51.4 Å². The number of nitrogens with zero attached hydrogens (tertiary/aromatic N) is 1. The highest BCUT2D eigenvalue weighted by molar-refractivity contribution is 7.45. The smallest absolute Gasteiger partial charge is 0.268 e. The molecule has 69 heavy (non-hydrogen) atoms. The number of phosphoric acid groups is 1. The predicted octanol–water partition coefficient (Wildman–Crippen LogP) is 17.1. The lowest BCUT2D eigenvalue weighted by Crippen LogP contribution is -2.45. The van der Waals surface area contributed by atoms with Crippen LogP contribution in [0.3, 0.4) is 0 Å². The Balaban J connectivity index is 4.27. The van der Waals surface area contributed by atoms with E-state index in [1.807, 2.05) is 27.2 Å². The fourth-order valence-electron chi connectivity index (χ4n) is 8.35. The van der Waals surface area contributed by atoms with Crippen molar-refractivity contribution in [1.29, 1.82) is 0 Å². The number of quaternary nitrogens is 1. The number of carbonyl (C=O) groups excluding carboxylic acids is 1. The number of aliphatic hydroxyl groups excluding tert-OH is 1. The van der Waals surface area contributed by atoms with Crippen LogP contribution in [0.15, 0.2) is 60.8 Å². The Morgan fingerprint density at radius 2 is 0.855 bits per heavy atom. The van der Waals surface area contributed by atoms with Crippen molar-refractivity contribution in [2.75, 3.05) is 40.9 Å². The van der Waals surface area contributed by atoms with Crippen LogP contribution in [0.1, 0.15) is 264 Å². The molecule has 0 aliphatic carbocycles. The number of hydrogen-bond donors (Lipinski definition) is 2. The third kappa shape index (κ3) is 53.8. The first kappa shape index (κ1) is 67.2. The van der Waals surface area contributed by atoms with Crippen molar-refractivity contribution in [3.05, 3.63) is 60.8 Å². The van der Waals surface area contributed by atoms with Crippen molar-refractivity contribution in [2.45, 2.75) is 276 Å². The van der Waals surface area contributed by atoms with Crippen LogP contribution >= 0.6 is 7.82 Å². The Kier molecular flexibility index (Phi) is 49.8. The molecule has 2 N–H and O–H groups in total. The van der Waals surface area contributed by atoms with Gasteiger partial charge in [0.15, 0.2) is 0 Å². The van der Waals surface area contributed by atoms with Crippen LogP contribution in [0.25, 0.3) is 0 Å². The molecule has 0 aromatic carbocycles. The van der Waals surface area contributed by atoms with Gasteiger partial charge in [0.1, 0.15) is 13.2 Å². The number of nitrogens with one attached hydrogen (secondary N) is 1. The summed E-state index contributed by atoms with van der Waals surface area (Å²) in [6.45, 7) is 4.63. The zero-order valence-corrected chi connectivity index (χ0v) is 46.9. The fraction of sp³-hybridized carbons (Fsp3) is 0.817. The minimum atomic E-state index is -4.61. The number of phosphoric ester groups is 1. The van der Waals surface area contributed by atoms with Crippen molar-refractivity contribution in [1.82, 2.24) is 5.32 Å². The van der Waals surface area contributed by atoms with E-state index in [2.05, 4.69) is 67.8 Å². The quantitative estimate of drug-likeness (QED) is 0.0272. The third-order valence-corrected chi connectivity index (χ3v) is 13.9. The highest BCUT2D eigenvalue weighted by Gasteiger charge is 2.23. The Bertz CT molecular complexity index is 1310. The van der Waals surface area contributed by atoms with Gasteiger partial charge in [-0.15, -0.1) is 0 Å². The van der Waals surface area contributed by atoms with Gasteiger partial charge in [0, 0.05) is 6.42 Å². The van der Waals surface area contributed by atoms with Crippen LogP contribution in [-0.4, -0.2) is 68.5 Å². The Morgan fingerprint density at radius 3 is 1.28 bits per heavy atom. The lowest BCUT2D eigenvalue weighted by molar-refractivity contribution is -0.870. The minimum Gasteiger partial charge on any atom is -0.756 e. The fourth-order valence-corrected chi connectivity index (χ4v) is 9.08. The Hall–Kier alpha value is -1.80. The van der Waals surface area contributed by atoms with Crippen LogP contribution in [0, 0.1) is 0 Å². The molecule has 0 aromatic heterocycles. The van der Waals surface area contributed by atoms with Crippen molar-refractivity contribution >= 4 is 13.7 Å². The van der Waals surface area contributed by atoms with E-state index in [9.17, 15) is 19.4 Å². The van der Waals surface area contributed by atoms with Crippen molar-refractivity contribution in [3.63, 3.8) is 0 Å². The molecule has 0 saturated carbocycles. The van der Waals surface area contributed by atoms with E-state index < -0.39 is 26.6 Å². The largest absolute Gasteiger partial charge is 0.756 e. The van der Waals surface area contributed by atoms with E-state index >= 15 is 0 Å². The molecule has 0 fully saturated rings. The summed E-state index contributed by atoms with van der Waals surface area (Å²) in [6, 6.07) is -0.909. The van der Waals surface area contributed by atoms with Gasteiger partial charge in [0.2, 0.25) is 5.91 Å². The van der Waals surface area contributed by atoms with E-state index in [1.165, 1.54) is 193 Å². The summed E-state index contributed by atoms with van der Waals surface area (Å²) in [5.74, 6) is -0.211. The molecule has 1 amide bonds. The molecule has 0 aliphatic rings. The molecule has 9 heteroatoms. The van der Waals surface area contributed by atoms with Gasteiger partial charge >= 0.3 is 0 Å². The molecule has 0 heterocycles. The van der Waals surface area contributed by atoms with Crippen LogP contribution in [0.5, 0.6) is 0 Å². The first-order valence-electron chi connectivity index (χ1n) is 29.2. The zero-order valence-electron chi connectivity index (χ0n) is 46.0. The normalized spacial score (nSPS) is 14.4. The minimum absolute atomic E-state index is 0.00879. The van der Waals surface area contributed by atoms with Gasteiger partial charge in [-0.05, 0) is 70.6 Å². The standard InChI is InChI=1S/C60H113N2O6P/c1-6-8-10-12-14-16-18-20-22-24-26-28-30-31-32-34-36-38-40-42-44-46-48-50-52-54-60(64)61-58(57-68-69(65,66)67-56-55-62(3,4)5)59(63)53-51-49-47-45-43-41-39-37-35-33-29-27-25-23-21-19-17-15-13-11-9-7-2/h18,20,24,26,30-31,43,45,51,53,58-59,63H,6-17,19,21-23,25,27-29,32-42,44,46-50,52,54-57H2,1-5H3,(H-,61,64,65,66)/b20-18-,26-24-,31-30-,45-43+,53-51+. The molecular weight excluding hydrogens is 876 g/mol. The second kappa shape index (κ2) is 51.1. The topological polar surface area (TPSA) is 108 Å². The van der Waals surface area contributed by atoms with Gasteiger partial charge < -0.3 is 28.8 Å². The van der Waals surface area contributed by atoms with E-state index in [0.29, 0.717) is 17.4 Å². The SMILES string of the molecule is CCCCCCC/C=C\C/C=C\C/C=C\CCCCCCCCCCCCC(=O)NC(COP(=O)([O-])OCC[N+](C)(C)C)C(O)/C=C/CC/C=C/CCCCCCCCCCCCCCCCCC. The van der Waals surface area contributed by atoms with Crippen LogP contribution in [0.4, 0.5) is 0 Å². The number of amides is 1. The maximum absolute atomic E-state index is 13.0. The number of likely N-dealkylation sites (N-methyl/N-ethyl adjacent to an activating group) is 1. The molecule has 3 atom stereocenters. The molecule has 3 unspecified atom stereocenters. The van der Waals surface area contributed by atoms with Gasteiger partial charge in [-0.25, -0.2) is 0 Å². The number of allylic oxidation sites excluding steroid dienone is 9. The first-order valence-corrected chi connectivity index (χ1v) is 30.6. The van der Waals surface area contributed by atoms with Crippen LogP contribution < -0.4 is 10.2 Å². The molecule has 8 nitrogen and oxygen atoms in total. The van der Waals surface area contributed by atoms with E-state index in [4.69, 9.17) is 9.05 Å². The van der Waals surface area contributed by atoms with Gasteiger partial charge in [0.05, 0.1) is 39.9 Å². The van der Waals surface area contributed by atoms with Crippen LogP contribution in [-0.2, 0) is 18.4 Å². The highest BCUT2D eigenvalue weighted by atomic mass is 31.2. The second-order valence-corrected chi connectivity index (χ2v) is 22.4. The molecule has 0 aromatic rings. The van der Waals surface area contributed by atoms with Gasteiger partial charge in [-0.2, -0.15) is 0 Å². The van der Waals surface area contributed by atoms with Crippen molar-refractivity contribution < 1.29 is 32.9 Å². The van der Waals surface area contributed by atoms with Crippen molar-refractivity contribution in [3.8, 4) is 0 Å². The maximum atomic E-state index is 13.0. The number of hydrogen-bond acceptors (Lipinski definition) is 6. The highest BCUT2D eigenvalue weighted by Crippen LogP contribution is 2.38. The average Bonchev–Trinajstić information content (AvgIpc) is 3.31. The molecule has 0 bridgehead atoms. The second-order valence-electron chi connectivity index (χ2n) is 21.0. The monoisotopic (exact) mass is 989 g/mol. The lowest BCUT2D eigenvalue weighted by atomic mass is 10.0. The number of aliphatic hydroxyl groups is 1. The number of carbonyl (C=O) groups is 1. The molecule has 0 rings (SSSR count). The maximum Gasteiger partial charge on any atom is 0.268 e. The van der Waals surface area contributed by atoms with Gasteiger partial charge in [-0.3, -0.25) is 9.36 Å². The summed E-state index contributed by atoms with van der Waals surface area (Å²) in [6.07, 6.45) is 68.7. The molecular formula is C60H113N2O6P. The summed E-state index contributed by atoms with van der Waals surface area (Å²) in [4.78, 5) is 25.5. The zero-order chi connectivity index (χ0) is 50.6. The van der Waals surface area contributed by atoms with Gasteiger partial charge in [0.25, 0.3) is 7.82 Å². The first-order chi connectivity index (χ1) is 33.5. The molecule has 0 spiro atoms. The van der Waals surface area contributed by atoms with Gasteiger partial charge in [-0.1, -0.05) is 248 Å². The Labute approximate surface area is 428 Å². The molecule has 0 aliphatic heterocycles. The molecule has 404 valence electrons. The number of rotatable bonds is 53. The summed E-state index contributed by atoms with van der Waals surface area (Å²) in [5.41, 5.74) is 0. The lowest BCUT2D eigenvalue weighted by Gasteiger charge is -2.29. The molecule has 0 saturated heterocycles. The Morgan fingerprint density at radius 1 is 0.507 bits per heavy atom. The van der Waals surface area contributed by atoms with E-state index in [-0.39, 0.29) is 12.5 Å². The predicted molar refractivity (Wildman–Crippen MR) is 297 cm³/mol. The average molecular weight is 990 g/mol. The van der Waals surface area contributed by atoms with E-state index in [1.54, 1.807) is 6.08 Å². The summed E-state index contributed by atoms with van der Waals surface area (Å²) < 4.78 is 23.3. The third-order valence-electron chi connectivity index (χ3n) is 12.9. The number of unbranched alkanes of at least 4 members (excludes halogenated alkanes) is 32. The molecule has 0 radical (unpaired) electrons.